The van der Waals surface area contributed by atoms with Gasteiger partial charge in [-0.1, -0.05) is 16.8 Å². The Morgan fingerprint density at radius 2 is 2.24 bits per heavy atom. The highest BCUT2D eigenvalue weighted by Gasteiger charge is 2.29. The molecule has 0 aliphatic rings. The van der Waals surface area contributed by atoms with Gasteiger partial charge in [-0.05, 0) is 12.1 Å². The summed E-state index contributed by atoms with van der Waals surface area (Å²) in [5, 5.41) is 12.2. The highest BCUT2D eigenvalue weighted by atomic mass is 35.5. The van der Waals surface area contributed by atoms with Crippen molar-refractivity contribution in [2.45, 2.75) is 6.43 Å². The van der Waals surface area contributed by atoms with Gasteiger partial charge in [-0.3, -0.25) is 0 Å². The molecule has 0 bridgehead atoms. The summed E-state index contributed by atoms with van der Waals surface area (Å²) in [6.45, 7) is 0. The minimum Gasteiger partial charge on any atom is -0.477 e. The maximum absolute atomic E-state index is 12.5. The first kappa shape index (κ1) is 12.0. The Labute approximate surface area is 102 Å². The van der Waals surface area contributed by atoms with Crippen molar-refractivity contribution in [3.8, 4) is 10.6 Å². The quantitative estimate of drug-likeness (QED) is 0.930. The van der Waals surface area contributed by atoms with Crippen molar-refractivity contribution in [3.63, 3.8) is 0 Å². The fourth-order valence-corrected chi connectivity index (χ4v) is 2.30. The van der Waals surface area contributed by atoms with E-state index in [9.17, 15) is 13.6 Å². The second kappa shape index (κ2) is 4.42. The number of hydrogen-bond acceptors (Lipinski definition) is 4. The van der Waals surface area contributed by atoms with Crippen molar-refractivity contribution in [2.75, 3.05) is 0 Å². The molecule has 2 rings (SSSR count). The predicted octanol–water partition coefficient (Wildman–Crippen LogP) is 3.69. The summed E-state index contributed by atoms with van der Waals surface area (Å²) >= 11 is 6.71. The van der Waals surface area contributed by atoms with Gasteiger partial charge in [-0.25, -0.2) is 13.6 Å². The third kappa shape index (κ3) is 2.16. The topological polar surface area (TPSA) is 63.3 Å². The molecule has 2 aromatic rings. The van der Waals surface area contributed by atoms with Gasteiger partial charge in [-0.15, -0.1) is 11.3 Å². The third-order valence-corrected chi connectivity index (χ3v) is 3.18. The molecule has 2 heterocycles. The molecule has 0 spiro atoms. The van der Waals surface area contributed by atoms with Gasteiger partial charge >= 0.3 is 5.97 Å². The summed E-state index contributed by atoms with van der Waals surface area (Å²) in [6.07, 6.45) is -3.03. The molecule has 0 fully saturated rings. The Hall–Kier alpha value is -1.47. The molecule has 0 aliphatic heterocycles. The minimum atomic E-state index is -3.03. The minimum absolute atomic E-state index is 0.135. The Balaban J connectivity index is 2.59. The highest BCUT2D eigenvalue weighted by molar-refractivity contribution is 7.19. The van der Waals surface area contributed by atoms with Crippen LogP contribution in [0.3, 0.4) is 0 Å². The average Bonchev–Trinajstić information content (AvgIpc) is 2.82. The molecule has 0 unspecified atom stereocenters. The maximum Gasteiger partial charge on any atom is 0.341 e. The predicted molar refractivity (Wildman–Crippen MR) is 56.7 cm³/mol. The Morgan fingerprint density at radius 1 is 1.53 bits per heavy atom. The van der Waals surface area contributed by atoms with E-state index in [1.54, 1.807) is 0 Å². The number of rotatable bonds is 3. The highest BCUT2D eigenvalue weighted by Crippen LogP contribution is 2.36. The number of halogens is 3. The molecular formula is C9H4ClF2NO3S. The van der Waals surface area contributed by atoms with Gasteiger partial charge in [0.15, 0.2) is 0 Å². The van der Waals surface area contributed by atoms with E-state index >= 15 is 0 Å². The van der Waals surface area contributed by atoms with E-state index in [1.807, 2.05) is 0 Å². The number of carboxylic acid groups (broad SMARTS) is 1. The van der Waals surface area contributed by atoms with E-state index in [4.69, 9.17) is 16.7 Å². The van der Waals surface area contributed by atoms with Gasteiger partial charge in [0.05, 0.1) is 9.21 Å². The Kier molecular flexibility index (Phi) is 3.12. The van der Waals surface area contributed by atoms with Gasteiger partial charge in [-0.2, -0.15) is 0 Å². The summed E-state index contributed by atoms with van der Waals surface area (Å²) in [5.41, 5.74) is -0.761. The van der Waals surface area contributed by atoms with Crippen LogP contribution < -0.4 is 0 Å². The molecule has 0 saturated carbocycles. The van der Waals surface area contributed by atoms with Crippen molar-refractivity contribution in [1.29, 1.82) is 0 Å². The van der Waals surface area contributed by atoms with Crippen LogP contribution in [-0.2, 0) is 0 Å². The molecule has 0 aliphatic carbocycles. The Morgan fingerprint density at radius 3 is 2.71 bits per heavy atom. The second-order valence-corrected chi connectivity index (χ2v) is 4.70. The molecule has 90 valence electrons. The van der Waals surface area contributed by atoms with Crippen LogP contribution in [0, 0.1) is 0 Å². The number of carbonyl (C=O) groups is 1. The normalized spacial score (nSPS) is 11.1. The Bertz CT molecular complexity index is 566. The van der Waals surface area contributed by atoms with E-state index in [2.05, 4.69) is 9.68 Å². The van der Waals surface area contributed by atoms with Crippen molar-refractivity contribution in [2.24, 2.45) is 0 Å². The first-order chi connectivity index (χ1) is 8.00. The number of aromatic nitrogens is 1. The summed E-state index contributed by atoms with van der Waals surface area (Å²) in [5.74, 6) is -2.46. The van der Waals surface area contributed by atoms with Crippen molar-refractivity contribution >= 4 is 28.9 Å². The van der Waals surface area contributed by atoms with E-state index < -0.39 is 23.7 Å². The second-order valence-electron chi connectivity index (χ2n) is 2.98. The fourth-order valence-electron chi connectivity index (χ4n) is 1.27. The average molecular weight is 280 g/mol. The van der Waals surface area contributed by atoms with Gasteiger partial charge in [0.2, 0.25) is 5.76 Å². The molecule has 4 nitrogen and oxygen atoms in total. The number of nitrogens with zero attached hydrogens (tertiary/aromatic N) is 1. The summed E-state index contributed by atoms with van der Waals surface area (Å²) < 4.78 is 29.8. The lowest BCUT2D eigenvalue weighted by Gasteiger charge is -1.95. The number of carboxylic acids is 1. The fraction of sp³-hybridized carbons (Fsp3) is 0.111. The van der Waals surface area contributed by atoms with Crippen LogP contribution in [0.1, 0.15) is 22.5 Å². The van der Waals surface area contributed by atoms with Gasteiger partial charge < -0.3 is 9.63 Å². The number of alkyl halides is 2. The lowest BCUT2D eigenvalue weighted by Crippen LogP contribution is -2.01. The van der Waals surface area contributed by atoms with Crippen LogP contribution in [0.5, 0.6) is 0 Å². The molecule has 0 saturated heterocycles. The zero-order chi connectivity index (χ0) is 12.6. The summed E-state index contributed by atoms with van der Waals surface area (Å²) in [4.78, 5) is 11.3. The molecule has 8 heteroatoms. The smallest absolute Gasteiger partial charge is 0.341 e. The van der Waals surface area contributed by atoms with Crippen LogP contribution in [0.15, 0.2) is 16.7 Å². The molecule has 0 aromatic carbocycles. The number of aromatic carboxylic acids is 1. The van der Waals surface area contributed by atoms with Gasteiger partial charge in [0, 0.05) is 0 Å². The van der Waals surface area contributed by atoms with E-state index in [1.165, 1.54) is 12.1 Å². The summed E-state index contributed by atoms with van der Waals surface area (Å²) in [6, 6.07) is 3.01. The molecule has 2 aromatic heterocycles. The van der Waals surface area contributed by atoms with Crippen LogP contribution in [0.2, 0.25) is 4.34 Å². The summed E-state index contributed by atoms with van der Waals surface area (Å²) in [7, 11) is 0. The number of thiophene rings is 1. The third-order valence-electron chi connectivity index (χ3n) is 1.94. The molecule has 1 N–H and O–H groups in total. The molecule has 17 heavy (non-hydrogen) atoms. The van der Waals surface area contributed by atoms with Crippen molar-refractivity contribution in [1.82, 2.24) is 5.16 Å². The zero-order valence-corrected chi connectivity index (χ0v) is 9.56. The molecule has 0 radical (unpaired) electrons. The van der Waals surface area contributed by atoms with Crippen LogP contribution in [0.25, 0.3) is 10.6 Å². The van der Waals surface area contributed by atoms with Crippen LogP contribution in [0.4, 0.5) is 8.78 Å². The first-order valence-electron chi connectivity index (χ1n) is 4.27. The SMILES string of the molecule is O=C(O)c1c(-c2ccc(Cl)s2)noc1C(F)F. The van der Waals surface area contributed by atoms with E-state index in [0.717, 1.165) is 11.3 Å². The monoisotopic (exact) mass is 279 g/mol. The van der Waals surface area contributed by atoms with E-state index in [-0.39, 0.29) is 5.69 Å². The largest absolute Gasteiger partial charge is 0.477 e. The van der Waals surface area contributed by atoms with Crippen LogP contribution >= 0.6 is 22.9 Å². The molecule has 0 amide bonds. The lowest BCUT2D eigenvalue weighted by atomic mass is 10.1. The molecule has 0 atom stereocenters. The lowest BCUT2D eigenvalue weighted by molar-refractivity contribution is 0.0670. The maximum atomic E-state index is 12.5. The first-order valence-corrected chi connectivity index (χ1v) is 5.47. The van der Waals surface area contributed by atoms with Gasteiger partial charge in [0.25, 0.3) is 6.43 Å². The van der Waals surface area contributed by atoms with Crippen molar-refractivity contribution < 1.29 is 23.2 Å². The van der Waals surface area contributed by atoms with Crippen molar-refractivity contribution in [3.05, 3.63) is 27.8 Å². The molecular weight excluding hydrogens is 276 g/mol. The van der Waals surface area contributed by atoms with Gasteiger partial charge in [0.1, 0.15) is 11.3 Å². The van der Waals surface area contributed by atoms with Crippen LogP contribution in [-0.4, -0.2) is 16.2 Å². The number of hydrogen-bond donors (Lipinski definition) is 1. The zero-order valence-electron chi connectivity index (χ0n) is 7.99. The van der Waals surface area contributed by atoms with E-state index in [0.29, 0.717) is 9.21 Å². The standard InChI is InChI=1S/C9H4ClF2NO3S/c10-4-2-1-3(17-4)6-5(9(14)15)7(8(11)12)16-13-6/h1-2,8H,(H,14,15).